The van der Waals surface area contributed by atoms with Crippen molar-refractivity contribution in [3.8, 4) is 5.75 Å². The molecule has 2 atom stereocenters. The van der Waals surface area contributed by atoms with E-state index >= 15 is 0 Å². The molecular weight excluding hydrogens is 318 g/mol. The molecule has 5 heteroatoms. The summed E-state index contributed by atoms with van der Waals surface area (Å²) in [5.74, 6) is 1.85. The van der Waals surface area contributed by atoms with E-state index in [1.54, 1.807) is 6.26 Å². The predicted octanol–water partition coefficient (Wildman–Crippen LogP) is 3.41. The Balaban J connectivity index is 1.38. The van der Waals surface area contributed by atoms with E-state index in [1.165, 1.54) is 5.56 Å². The van der Waals surface area contributed by atoms with E-state index < -0.39 is 0 Å². The Kier molecular flexibility index (Phi) is 5.35. The summed E-state index contributed by atoms with van der Waals surface area (Å²) >= 11 is 0. The molecule has 0 N–H and O–H groups in total. The number of hydrogen-bond acceptors (Lipinski definition) is 5. The standard InChI is InChI=1S/C20H25NO4/c1-2-7-18(25-15-17-6-3-10-22-17)16(5-1)13-21-9-12-24-20(14-21)19-8-4-11-23-19/h1-2,4-5,7-8,11,17,20H,3,6,9-10,12-15H2. The molecule has 0 saturated carbocycles. The Morgan fingerprint density at radius 3 is 2.88 bits per heavy atom. The summed E-state index contributed by atoms with van der Waals surface area (Å²) < 4.78 is 23.1. The van der Waals surface area contributed by atoms with Crippen molar-refractivity contribution in [3.63, 3.8) is 0 Å². The Labute approximate surface area is 148 Å². The molecule has 0 radical (unpaired) electrons. The van der Waals surface area contributed by atoms with Gasteiger partial charge in [0.15, 0.2) is 0 Å². The van der Waals surface area contributed by atoms with Crippen molar-refractivity contribution in [1.29, 1.82) is 0 Å². The fourth-order valence-corrected chi connectivity index (χ4v) is 3.47. The minimum Gasteiger partial charge on any atom is -0.491 e. The van der Waals surface area contributed by atoms with Crippen LogP contribution < -0.4 is 4.74 Å². The zero-order chi connectivity index (χ0) is 16.9. The summed E-state index contributed by atoms with van der Waals surface area (Å²) in [5, 5.41) is 0. The normalized spacial score (nSPS) is 24.5. The molecule has 134 valence electrons. The van der Waals surface area contributed by atoms with Gasteiger partial charge < -0.3 is 18.6 Å². The number of para-hydroxylation sites is 1. The van der Waals surface area contributed by atoms with Gasteiger partial charge in [-0.15, -0.1) is 0 Å². The monoisotopic (exact) mass is 343 g/mol. The smallest absolute Gasteiger partial charge is 0.133 e. The highest BCUT2D eigenvalue weighted by Crippen LogP contribution is 2.26. The molecule has 4 rings (SSSR count). The van der Waals surface area contributed by atoms with Gasteiger partial charge in [0, 0.05) is 31.8 Å². The number of ether oxygens (including phenoxy) is 3. The van der Waals surface area contributed by atoms with Gasteiger partial charge in [-0.3, -0.25) is 4.90 Å². The van der Waals surface area contributed by atoms with E-state index in [0.29, 0.717) is 13.2 Å². The van der Waals surface area contributed by atoms with Gasteiger partial charge in [0.1, 0.15) is 24.2 Å². The number of nitrogens with zero attached hydrogens (tertiary/aromatic N) is 1. The minimum absolute atomic E-state index is 0.00344. The first-order valence-electron chi connectivity index (χ1n) is 9.08. The molecule has 3 heterocycles. The summed E-state index contributed by atoms with van der Waals surface area (Å²) in [7, 11) is 0. The van der Waals surface area contributed by atoms with Crippen LogP contribution in [0.3, 0.4) is 0 Å². The highest BCUT2D eigenvalue weighted by atomic mass is 16.5. The second-order valence-electron chi connectivity index (χ2n) is 6.66. The third-order valence-electron chi connectivity index (χ3n) is 4.83. The van der Waals surface area contributed by atoms with Crippen LogP contribution in [0.15, 0.2) is 47.1 Å². The van der Waals surface area contributed by atoms with Crippen LogP contribution in [0.2, 0.25) is 0 Å². The quantitative estimate of drug-likeness (QED) is 0.804. The average Bonchev–Trinajstić information content (AvgIpc) is 3.35. The lowest BCUT2D eigenvalue weighted by molar-refractivity contribution is -0.0430. The van der Waals surface area contributed by atoms with E-state index in [4.69, 9.17) is 18.6 Å². The van der Waals surface area contributed by atoms with Crippen molar-refractivity contribution in [1.82, 2.24) is 4.90 Å². The highest BCUT2D eigenvalue weighted by Gasteiger charge is 2.24. The van der Waals surface area contributed by atoms with Crippen molar-refractivity contribution >= 4 is 0 Å². The Hall–Kier alpha value is -1.82. The molecule has 0 bridgehead atoms. The topological polar surface area (TPSA) is 44.1 Å². The molecule has 0 aliphatic carbocycles. The fourth-order valence-electron chi connectivity index (χ4n) is 3.47. The Morgan fingerprint density at radius 1 is 1.08 bits per heavy atom. The Bertz CT molecular complexity index is 651. The number of hydrogen-bond donors (Lipinski definition) is 0. The van der Waals surface area contributed by atoms with Crippen molar-refractivity contribution in [2.45, 2.75) is 31.6 Å². The maximum atomic E-state index is 6.06. The molecule has 2 saturated heterocycles. The summed E-state index contributed by atoms with van der Waals surface area (Å²) in [6.07, 6.45) is 4.17. The number of rotatable bonds is 6. The maximum Gasteiger partial charge on any atom is 0.133 e. The largest absolute Gasteiger partial charge is 0.491 e. The molecule has 2 unspecified atom stereocenters. The van der Waals surface area contributed by atoms with Gasteiger partial charge in [0.05, 0.1) is 19.0 Å². The second kappa shape index (κ2) is 8.04. The van der Waals surface area contributed by atoms with Gasteiger partial charge in [0.25, 0.3) is 0 Å². The second-order valence-corrected chi connectivity index (χ2v) is 6.66. The highest BCUT2D eigenvalue weighted by molar-refractivity contribution is 5.33. The predicted molar refractivity (Wildman–Crippen MR) is 93.6 cm³/mol. The molecule has 2 fully saturated rings. The van der Waals surface area contributed by atoms with Crippen LogP contribution in [-0.2, 0) is 16.0 Å². The summed E-state index contributed by atoms with van der Waals surface area (Å²) in [6, 6.07) is 12.2. The van der Waals surface area contributed by atoms with Crippen LogP contribution in [0.4, 0.5) is 0 Å². The van der Waals surface area contributed by atoms with Gasteiger partial charge in [-0.2, -0.15) is 0 Å². The lowest BCUT2D eigenvalue weighted by Gasteiger charge is -2.32. The lowest BCUT2D eigenvalue weighted by Crippen LogP contribution is -2.37. The molecule has 0 amide bonds. The first-order chi connectivity index (χ1) is 12.4. The molecule has 25 heavy (non-hydrogen) atoms. The fraction of sp³-hybridized carbons (Fsp3) is 0.500. The summed E-state index contributed by atoms with van der Waals surface area (Å²) in [5.41, 5.74) is 1.21. The number of furan rings is 1. The van der Waals surface area contributed by atoms with Crippen LogP contribution in [0.5, 0.6) is 5.75 Å². The van der Waals surface area contributed by atoms with Gasteiger partial charge in [-0.25, -0.2) is 0 Å². The average molecular weight is 343 g/mol. The first kappa shape index (κ1) is 16.6. The van der Waals surface area contributed by atoms with E-state index in [2.05, 4.69) is 23.1 Å². The molecule has 2 aliphatic heterocycles. The molecule has 2 aliphatic rings. The van der Waals surface area contributed by atoms with Gasteiger partial charge in [0.2, 0.25) is 0 Å². The van der Waals surface area contributed by atoms with Crippen LogP contribution in [0.1, 0.15) is 30.3 Å². The van der Waals surface area contributed by atoms with E-state index in [0.717, 1.165) is 50.6 Å². The molecule has 1 aromatic heterocycles. The molecule has 2 aromatic rings. The molecular formula is C20H25NO4. The molecule has 5 nitrogen and oxygen atoms in total. The van der Waals surface area contributed by atoms with Crippen molar-refractivity contribution in [3.05, 3.63) is 54.0 Å². The molecule has 1 aromatic carbocycles. The van der Waals surface area contributed by atoms with Crippen LogP contribution in [0.25, 0.3) is 0 Å². The van der Waals surface area contributed by atoms with Crippen molar-refractivity contribution in [2.75, 3.05) is 32.9 Å². The van der Waals surface area contributed by atoms with Gasteiger partial charge >= 0.3 is 0 Å². The molecule has 0 spiro atoms. The number of morpholine rings is 1. The maximum absolute atomic E-state index is 6.06. The van der Waals surface area contributed by atoms with Gasteiger partial charge in [-0.1, -0.05) is 18.2 Å². The lowest BCUT2D eigenvalue weighted by atomic mass is 10.1. The van der Waals surface area contributed by atoms with Crippen LogP contribution in [-0.4, -0.2) is 43.9 Å². The van der Waals surface area contributed by atoms with Crippen LogP contribution >= 0.6 is 0 Å². The van der Waals surface area contributed by atoms with Crippen LogP contribution in [0, 0.1) is 0 Å². The summed E-state index contributed by atoms with van der Waals surface area (Å²) in [6.45, 7) is 4.80. The third kappa shape index (κ3) is 4.24. The minimum atomic E-state index is 0.00344. The third-order valence-corrected chi connectivity index (χ3v) is 4.83. The zero-order valence-electron chi connectivity index (χ0n) is 14.4. The summed E-state index contributed by atoms with van der Waals surface area (Å²) in [4.78, 5) is 2.39. The zero-order valence-corrected chi connectivity index (χ0v) is 14.4. The van der Waals surface area contributed by atoms with E-state index in [1.807, 2.05) is 18.2 Å². The SMILES string of the molecule is c1coc(C2CN(Cc3ccccc3OCC3CCCO3)CCO2)c1. The Morgan fingerprint density at radius 2 is 2.04 bits per heavy atom. The van der Waals surface area contributed by atoms with Gasteiger partial charge in [-0.05, 0) is 31.0 Å². The first-order valence-corrected chi connectivity index (χ1v) is 9.08. The van der Waals surface area contributed by atoms with E-state index in [9.17, 15) is 0 Å². The number of benzene rings is 1. The van der Waals surface area contributed by atoms with Crippen molar-refractivity contribution in [2.24, 2.45) is 0 Å². The van der Waals surface area contributed by atoms with E-state index in [-0.39, 0.29) is 12.2 Å². The van der Waals surface area contributed by atoms with Crippen molar-refractivity contribution < 1.29 is 18.6 Å².